The number of hydrogen-bond acceptors (Lipinski definition) is 5. The zero-order chi connectivity index (χ0) is 15.6. The van der Waals surface area contributed by atoms with Gasteiger partial charge in [-0.2, -0.15) is 0 Å². The lowest BCUT2D eigenvalue weighted by atomic mass is 10.2. The molecular formula is C14H21N3O3S. The molecule has 1 aromatic rings. The van der Waals surface area contributed by atoms with E-state index in [0.717, 1.165) is 5.69 Å². The number of ether oxygens (including phenoxy) is 1. The fourth-order valence-electron chi connectivity index (χ4n) is 2.07. The number of carbonyl (C=O) groups is 1. The number of nitrogens with zero attached hydrogens (tertiary/aromatic N) is 3. The highest BCUT2D eigenvalue weighted by atomic mass is 32.2. The molecule has 0 unspecified atom stereocenters. The Morgan fingerprint density at radius 2 is 2.19 bits per heavy atom. The lowest BCUT2D eigenvalue weighted by Crippen LogP contribution is -2.36. The summed E-state index contributed by atoms with van der Waals surface area (Å²) in [5.74, 6) is 0. The van der Waals surface area contributed by atoms with Crippen molar-refractivity contribution in [1.29, 1.82) is 0 Å². The van der Waals surface area contributed by atoms with Crippen LogP contribution in [-0.4, -0.2) is 49.1 Å². The van der Waals surface area contributed by atoms with Gasteiger partial charge >= 0.3 is 6.09 Å². The van der Waals surface area contributed by atoms with Crippen molar-refractivity contribution in [3.63, 3.8) is 0 Å². The highest BCUT2D eigenvalue weighted by Crippen LogP contribution is 2.20. The Kier molecular flexibility index (Phi) is 4.61. The van der Waals surface area contributed by atoms with E-state index in [0.29, 0.717) is 24.7 Å². The average molecular weight is 311 g/mol. The van der Waals surface area contributed by atoms with Gasteiger partial charge in [0.1, 0.15) is 5.60 Å². The monoisotopic (exact) mass is 311 g/mol. The second-order valence-corrected chi connectivity index (χ2v) is 7.74. The van der Waals surface area contributed by atoms with E-state index >= 15 is 0 Å². The predicted molar refractivity (Wildman–Crippen MR) is 79.4 cm³/mol. The van der Waals surface area contributed by atoms with E-state index < -0.39 is 16.4 Å². The zero-order valence-electron chi connectivity index (χ0n) is 12.8. The van der Waals surface area contributed by atoms with Crippen molar-refractivity contribution in [2.75, 3.05) is 13.1 Å². The summed E-state index contributed by atoms with van der Waals surface area (Å²) in [6, 6.07) is 1.77. The molecule has 2 rings (SSSR count). The van der Waals surface area contributed by atoms with Gasteiger partial charge in [0.2, 0.25) is 5.16 Å². The van der Waals surface area contributed by atoms with Gasteiger partial charge in [0.15, 0.2) is 0 Å². The fraction of sp³-hybridized carbons (Fsp3) is 0.643. The molecule has 116 valence electrons. The summed E-state index contributed by atoms with van der Waals surface area (Å²) in [5, 5.41) is 0.199. The van der Waals surface area contributed by atoms with Crippen LogP contribution in [0.15, 0.2) is 17.4 Å². The minimum atomic E-state index is -1.30. The first-order chi connectivity index (χ1) is 9.76. The molecule has 1 aromatic heterocycles. The smallest absolute Gasteiger partial charge is 0.410 e. The minimum absolute atomic E-state index is 0.140. The molecule has 0 aromatic carbocycles. The van der Waals surface area contributed by atoms with Crippen LogP contribution in [0.3, 0.4) is 0 Å². The van der Waals surface area contributed by atoms with Crippen LogP contribution in [0, 0.1) is 6.92 Å². The van der Waals surface area contributed by atoms with Gasteiger partial charge in [0.25, 0.3) is 0 Å². The van der Waals surface area contributed by atoms with Crippen molar-refractivity contribution >= 4 is 16.9 Å². The summed E-state index contributed by atoms with van der Waals surface area (Å²) < 4.78 is 17.8. The van der Waals surface area contributed by atoms with Crippen molar-refractivity contribution in [1.82, 2.24) is 14.9 Å². The summed E-state index contributed by atoms with van der Waals surface area (Å²) >= 11 is 0. The molecule has 1 saturated heterocycles. The summed E-state index contributed by atoms with van der Waals surface area (Å²) in [6.45, 7) is 8.30. The van der Waals surface area contributed by atoms with Crippen molar-refractivity contribution in [2.45, 2.75) is 50.1 Å². The van der Waals surface area contributed by atoms with E-state index in [1.54, 1.807) is 17.2 Å². The minimum Gasteiger partial charge on any atom is -0.444 e. The van der Waals surface area contributed by atoms with Crippen molar-refractivity contribution in [3.05, 3.63) is 18.0 Å². The Bertz CT molecular complexity index is 557. The molecule has 21 heavy (non-hydrogen) atoms. The molecule has 1 aliphatic heterocycles. The van der Waals surface area contributed by atoms with E-state index in [-0.39, 0.29) is 11.3 Å². The molecule has 0 spiro atoms. The van der Waals surface area contributed by atoms with E-state index in [1.807, 2.05) is 27.7 Å². The summed E-state index contributed by atoms with van der Waals surface area (Å²) in [6.07, 6.45) is 1.92. The first kappa shape index (κ1) is 15.9. The van der Waals surface area contributed by atoms with Crippen LogP contribution in [-0.2, 0) is 15.5 Å². The van der Waals surface area contributed by atoms with Gasteiger partial charge in [-0.25, -0.2) is 14.8 Å². The number of hydrogen-bond donors (Lipinski definition) is 0. The summed E-state index contributed by atoms with van der Waals surface area (Å²) in [7, 11) is -1.30. The maximum Gasteiger partial charge on any atom is 0.410 e. The van der Waals surface area contributed by atoms with Crippen molar-refractivity contribution in [3.8, 4) is 0 Å². The number of rotatable bonds is 2. The molecule has 0 radical (unpaired) electrons. The van der Waals surface area contributed by atoms with Crippen LogP contribution in [0.25, 0.3) is 0 Å². The van der Waals surface area contributed by atoms with Crippen LogP contribution < -0.4 is 0 Å². The van der Waals surface area contributed by atoms with Gasteiger partial charge in [-0.3, -0.25) is 4.21 Å². The molecule has 7 heteroatoms. The van der Waals surface area contributed by atoms with Gasteiger partial charge < -0.3 is 9.64 Å². The van der Waals surface area contributed by atoms with Gasteiger partial charge in [-0.1, -0.05) is 0 Å². The number of carbonyl (C=O) groups excluding carboxylic acids is 1. The zero-order valence-corrected chi connectivity index (χ0v) is 13.6. The highest BCUT2D eigenvalue weighted by molar-refractivity contribution is 7.85. The second kappa shape index (κ2) is 6.09. The maximum atomic E-state index is 12.5. The molecule has 2 atom stereocenters. The van der Waals surface area contributed by atoms with Crippen LogP contribution in [0.4, 0.5) is 4.79 Å². The number of aromatic nitrogens is 2. The first-order valence-corrected chi connectivity index (χ1v) is 8.16. The second-order valence-electron chi connectivity index (χ2n) is 6.12. The largest absolute Gasteiger partial charge is 0.444 e. The molecule has 6 nitrogen and oxygen atoms in total. The topological polar surface area (TPSA) is 72.4 Å². The van der Waals surface area contributed by atoms with Crippen LogP contribution in [0.1, 0.15) is 32.9 Å². The van der Waals surface area contributed by atoms with Crippen molar-refractivity contribution < 1.29 is 13.7 Å². The van der Waals surface area contributed by atoms with E-state index in [1.165, 1.54) is 0 Å². The van der Waals surface area contributed by atoms with E-state index in [2.05, 4.69) is 9.97 Å². The molecule has 0 aliphatic carbocycles. The maximum absolute atomic E-state index is 12.5. The molecule has 2 heterocycles. The highest BCUT2D eigenvalue weighted by Gasteiger charge is 2.34. The van der Waals surface area contributed by atoms with E-state index in [9.17, 15) is 9.00 Å². The molecule has 1 amide bonds. The predicted octanol–water partition coefficient (Wildman–Crippen LogP) is 1.90. The van der Waals surface area contributed by atoms with Gasteiger partial charge in [-0.05, 0) is 40.2 Å². The quantitative estimate of drug-likeness (QED) is 0.780. The van der Waals surface area contributed by atoms with Crippen LogP contribution in [0.5, 0.6) is 0 Å². The van der Waals surface area contributed by atoms with E-state index in [4.69, 9.17) is 4.74 Å². The Balaban J connectivity index is 1.99. The molecule has 1 aliphatic rings. The Hall–Kier alpha value is -1.50. The standard InChI is InChI=1S/C14H21N3O3S/c1-10-5-7-15-12(16-10)21(19)11-6-8-17(9-11)13(18)20-14(2,3)4/h5,7,11H,6,8-9H2,1-4H3/t11-,21-/m1/s1. The third-order valence-corrected chi connectivity index (χ3v) is 4.60. The lowest BCUT2D eigenvalue weighted by Gasteiger charge is -2.24. The third-order valence-electron chi connectivity index (χ3n) is 3.05. The third kappa shape index (κ3) is 4.23. The van der Waals surface area contributed by atoms with Gasteiger partial charge in [0, 0.05) is 25.0 Å². The molecular weight excluding hydrogens is 290 g/mol. The number of amides is 1. The average Bonchev–Trinajstić information content (AvgIpc) is 2.85. The van der Waals surface area contributed by atoms with Crippen LogP contribution >= 0.6 is 0 Å². The van der Waals surface area contributed by atoms with Crippen molar-refractivity contribution in [2.24, 2.45) is 0 Å². The lowest BCUT2D eigenvalue weighted by molar-refractivity contribution is 0.0295. The fourth-order valence-corrected chi connectivity index (χ4v) is 3.40. The van der Waals surface area contributed by atoms with Crippen LogP contribution in [0.2, 0.25) is 0 Å². The SMILES string of the molecule is Cc1ccnc([S@](=O)[C@@H]2CCN(C(=O)OC(C)(C)C)C2)n1. The number of aryl methyl sites for hydroxylation is 1. The first-order valence-electron chi connectivity index (χ1n) is 6.94. The molecule has 0 saturated carbocycles. The Labute approximate surface area is 127 Å². The normalized spacial score (nSPS) is 20.4. The molecule has 0 N–H and O–H groups in total. The molecule has 0 bridgehead atoms. The molecule has 1 fully saturated rings. The summed E-state index contributed by atoms with van der Waals surface area (Å²) in [5.41, 5.74) is 0.267. The van der Waals surface area contributed by atoms with Gasteiger partial charge in [0.05, 0.1) is 16.0 Å². The van der Waals surface area contributed by atoms with Gasteiger partial charge in [-0.15, -0.1) is 0 Å². The summed E-state index contributed by atoms with van der Waals surface area (Å²) in [4.78, 5) is 21.9. The Morgan fingerprint density at radius 1 is 1.48 bits per heavy atom. The number of likely N-dealkylation sites (tertiary alicyclic amines) is 1. The Morgan fingerprint density at radius 3 is 2.81 bits per heavy atom.